The van der Waals surface area contributed by atoms with Gasteiger partial charge in [0.25, 0.3) is 0 Å². The van der Waals surface area contributed by atoms with Gasteiger partial charge in [0.05, 0.1) is 12.8 Å². The Morgan fingerprint density at radius 1 is 0.912 bits per heavy atom. The lowest BCUT2D eigenvalue weighted by molar-refractivity contribution is 0.159. The molecule has 3 aromatic rings. The van der Waals surface area contributed by atoms with Crippen molar-refractivity contribution in [2.24, 2.45) is 0 Å². The summed E-state index contributed by atoms with van der Waals surface area (Å²) in [5.41, 5.74) is 2.24. The molecule has 1 saturated heterocycles. The van der Waals surface area contributed by atoms with E-state index in [2.05, 4.69) is 28.0 Å². The van der Waals surface area contributed by atoms with Gasteiger partial charge in [-0.3, -0.25) is 4.90 Å². The number of benzene rings is 3. The van der Waals surface area contributed by atoms with E-state index in [4.69, 9.17) is 30.5 Å². The lowest BCUT2D eigenvalue weighted by Crippen LogP contribution is -2.47. The summed E-state index contributed by atoms with van der Waals surface area (Å²) in [6.07, 6.45) is 0.750. The lowest BCUT2D eigenvalue weighted by Gasteiger charge is -2.37. The molecular weight excluding hydrogens is 452 g/mol. The zero-order valence-electron chi connectivity index (χ0n) is 19.3. The number of para-hydroxylation sites is 2. The van der Waals surface area contributed by atoms with Crippen LogP contribution in [0.5, 0.6) is 23.0 Å². The third-order valence-electron chi connectivity index (χ3n) is 6.37. The summed E-state index contributed by atoms with van der Waals surface area (Å²) in [5.74, 6) is 3.28. The first-order chi connectivity index (χ1) is 16.7. The van der Waals surface area contributed by atoms with Crippen LogP contribution in [0.2, 0.25) is 5.02 Å². The van der Waals surface area contributed by atoms with Crippen LogP contribution in [0.1, 0.15) is 18.1 Å². The Morgan fingerprint density at radius 2 is 1.68 bits per heavy atom. The molecule has 1 atom stereocenters. The van der Waals surface area contributed by atoms with Gasteiger partial charge < -0.3 is 23.8 Å². The fourth-order valence-electron chi connectivity index (χ4n) is 4.49. The van der Waals surface area contributed by atoms with Crippen molar-refractivity contribution in [2.75, 3.05) is 51.5 Å². The Bertz CT molecular complexity index is 1100. The zero-order valence-corrected chi connectivity index (χ0v) is 20.0. The second-order valence-corrected chi connectivity index (χ2v) is 8.90. The smallest absolute Gasteiger partial charge is 0.231 e. The van der Waals surface area contributed by atoms with Gasteiger partial charge in [-0.15, -0.1) is 0 Å². The Labute approximate surface area is 205 Å². The van der Waals surface area contributed by atoms with E-state index in [1.54, 1.807) is 7.11 Å². The number of fused-ring (bicyclic) bond motifs is 1. The molecule has 0 bridgehead atoms. The standard InChI is InChI=1S/C27H29ClN2O4/c1-31-25-5-3-2-4-23(25)30-16-14-29(15-17-30)13-12-24(34-22-9-7-21(28)8-10-22)20-6-11-26-27(18-20)33-19-32-26/h2-11,18,24H,12-17,19H2,1H3. The van der Waals surface area contributed by atoms with Gasteiger partial charge in [0, 0.05) is 44.2 Å². The second kappa shape index (κ2) is 10.5. The Balaban J connectivity index is 1.24. The van der Waals surface area contributed by atoms with E-state index in [-0.39, 0.29) is 12.9 Å². The molecule has 0 spiro atoms. The maximum atomic E-state index is 6.42. The molecule has 2 aliphatic heterocycles. The Hall–Kier alpha value is -3.09. The molecule has 0 amide bonds. The average Bonchev–Trinajstić information content (AvgIpc) is 3.36. The van der Waals surface area contributed by atoms with Gasteiger partial charge in [-0.05, 0) is 54.1 Å². The summed E-state index contributed by atoms with van der Waals surface area (Å²) in [6, 6.07) is 21.8. The molecule has 2 heterocycles. The molecule has 178 valence electrons. The number of anilines is 1. The molecule has 0 radical (unpaired) electrons. The number of nitrogens with zero attached hydrogens (tertiary/aromatic N) is 2. The molecule has 0 aliphatic carbocycles. The van der Waals surface area contributed by atoms with Crippen LogP contribution >= 0.6 is 11.6 Å². The SMILES string of the molecule is COc1ccccc1N1CCN(CCC(Oc2ccc(Cl)cc2)c2ccc3c(c2)OCO3)CC1. The molecule has 7 heteroatoms. The van der Waals surface area contributed by atoms with Crippen molar-refractivity contribution in [3.63, 3.8) is 0 Å². The monoisotopic (exact) mass is 480 g/mol. The van der Waals surface area contributed by atoms with Gasteiger partial charge in [0.15, 0.2) is 11.5 Å². The topological polar surface area (TPSA) is 43.4 Å². The summed E-state index contributed by atoms with van der Waals surface area (Å²) in [6.45, 7) is 5.12. The van der Waals surface area contributed by atoms with E-state index in [1.807, 2.05) is 48.5 Å². The number of ether oxygens (including phenoxy) is 4. The first-order valence-electron chi connectivity index (χ1n) is 11.6. The second-order valence-electron chi connectivity index (χ2n) is 8.46. The zero-order chi connectivity index (χ0) is 23.3. The van der Waals surface area contributed by atoms with Crippen molar-refractivity contribution in [1.82, 2.24) is 4.90 Å². The number of hydrogen-bond donors (Lipinski definition) is 0. The van der Waals surface area contributed by atoms with Crippen LogP contribution in [0.25, 0.3) is 0 Å². The molecule has 2 aliphatic rings. The van der Waals surface area contributed by atoms with E-state index in [1.165, 1.54) is 0 Å². The molecule has 5 rings (SSSR count). The highest BCUT2D eigenvalue weighted by Gasteiger charge is 2.23. The van der Waals surface area contributed by atoms with Crippen LogP contribution in [-0.2, 0) is 0 Å². The summed E-state index contributed by atoms with van der Waals surface area (Å²) < 4.78 is 23.1. The molecule has 0 aromatic heterocycles. The average molecular weight is 481 g/mol. The Morgan fingerprint density at radius 3 is 2.47 bits per heavy atom. The highest BCUT2D eigenvalue weighted by atomic mass is 35.5. The van der Waals surface area contributed by atoms with Gasteiger partial charge in [-0.1, -0.05) is 29.8 Å². The molecule has 1 fully saturated rings. The first-order valence-corrected chi connectivity index (χ1v) is 12.0. The summed E-state index contributed by atoms with van der Waals surface area (Å²) in [7, 11) is 1.73. The van der Waals surface area contributed by atoms with Gasteiger partial charge in [0.1, 0.15) is 17.6 Å². The highest BCUT2D eigenvalue weighted by molar-refractivity contribution is 6.30. The van der Waals surface area contributed by atoms with Crippen molar-refractivity contribution in [3.8, 4) is 23.0 Å². The van der Waals surface area contributed by atoms with Crippen molar-refractivity contribution >= 4 is 17.3 Å². The van der Waals surface area contributed by atoms with E-state index in [0.717, 1.165) is 73.4 Å². The van der Waals surface area contributed by atoms with E-state index < -0.39 is 0 Å². The maximum absolute atomic E-state index is 6.42. The fourth-order valence-corrected chi connectivity index (χ4v) is 4.61. The van der Waals surface area contributed by atoms with Crippen LogP contribution in [-0.4, -0.2) is 51.5 Å². The number of halogens is 1. The molecular formula is C27H29ClN2O4. The van der Waals surface area contributed by atoms with Crippen molar-refractivity contribution in [1.29, 1.82) is 0 Å². The quantitative estimate of drug-likeness (QED) is 0.429. The fraction of sp³-hybridized carbons (Fsp3) is 0.333. The summed E-state index contributed by atoms with van der Waals surface area (Å²) in [4.78, 5) is 4.89. The number of rotatable bonds is 8. The molecule has 0 saturated carbocycles. The van der Waals surface area contributed by atoms with Crippen LogP contribution in [0.15, 0.2) is 66.7 Å². The van der Waals surface area contributed by atoms with Crippen LogP contribution in [0, 0.1) is 0 Å². The molecule has 0 N–H and O–H groups in total. The Kier molecular flexibility index (Phi) is 6.97. The minimum atomic E-state index is -0.108. The first kappa shape index (κ1) is 22.7. The maximum Gasteiger partial charge on any atom is 0.231 e. The largest absolute Gasteiger partial charge is 0.495 e. The lowest BCUT2D eigenvalue weighted by atomic mass is 10.0. The normalized spacial score (nSPS) is 16.4. The molecule has 34 heavy (non-hydrogen) atoms. The van der Waals surface area contributed by atoms with E-state index >= 15 is 0 Å². The van der Waals surface area contributed by atoms with Gasteiger partial charge in [-0.2, -0.15) is 0 Å². The number of piperazine rings is 1. The van der Waals surface area contributed by atoms with Crippen molar-refractivity contribution < 1.29 is 18.9 Å². The minimum Gasteiger partial charge on any atom is -0.495 e. The van der Waals surface area contributed by atoms with Crippen LogP contribution in [0.3, 0.4) is 0 Å². The van der Waals surface area contributed by atoms with Gasteiger partial charge in [0.2, 0.25) is 6.79 Å². The minimum absolute atomic E-state index is 0.108. The summed E-state index contributed by atoms with van der Waals surface area (Å²) >= 11 is 6.06. The van der Waals surface area contributed by atoms with Crippen molar-refractivity contribution in [3.05, 3.63) is 77.3 Å². The highest BCUT2D eigenvalue weighted by Crippen LogP contribution is 2.36. The summed E-state index contributed by atoms with van der Waals surface area (Å²) in [5, 5.41) is 0.694. The van der Waals surface area contributed by atoms with E-state index in [9.17, 15) is 0 Å². The van der Waals surface area contributed by atoms with Crippen LogP contribution < -0.4 is 23.8 Å². The molecule has 3 aromatic carbocycles. The van der Waals surface area contributed by atoms with Crippen molar-refractivity contribution in [2.45, 2.75) is 12.5 Å². The van der Waals surface area contributed by atoms with Crippen LogP contribution in [0.4, 0.5) is 5.69 Å². The third-order valence-corrected chi connectivity index (χ3v) is 6.62. The predicted octanol–water partition coefficient (Wildman–Crippen LogP) is 5.41. The number of methoxy groups -OCH3 is 1. The molecule has 1 unspecified atom stereocenters. The van der Waals surface area contributed by atoms with E-state index in [0.29, 0.717) is 5.02 Å². The predicted molar refractivity (Wildman–Crippen MR) is 134 cm³/mol. The number of hydrogen-bond acceptors (Lipinski definition) is 6. The van der Waals surface area contributed by atoms with Gasteiger partial charge in [-0.25, -0.2) is 0 Å². The third kappa shape index (κ3) is 5.18. The van der Waals surface area contributed by atoms with Gasteiger partial charge >= 0.3 is 0 Å². The molecule has 6 nitrogen and oxygen atoms in total.